The van der Waals surface area contributed by atoms with Crippen LogP contribution in [0.5, 0.6) is 0 Å². The monoisotopic (exact) mass is 285 g/mol. The second kappa shape index (κ2) is 14.7. The number of aryl methyl sites for hydroxylation is 2. The van der Waals surface area contributed by atoms with Gasteiger partial charge in [-0.2, -0.15) is 14.2 Å². The van der Waals surface area contributed by atoms with Gasteiger partial charge in [0, 0.05) is 0 Å². The average molecular weight is 286 g/mol. The first kappa shape index (κ1) is 24.8. The number of hydrogen-bond donors (Lipinski definition) is 0. The van der Waals surface area contributed by atoms with Gasteiger partial charge in [0.1, 0.15) is 0 Å². The fourth-order valence-corrected chi connectivity index (χ4v) is 2.34. The van der Waals surface area contributed by atoms with Crippen molar-refractivity contribution >= 4 is 8.19 Å². The molecule has 0 N–H and O–H groups in total. The van der Waals surface area contributed by atoms with Crippen LogP contribution in [0.3, 0.4) is 0 Å². The molecule has 1 aromatic heterocycles. The molecule has 0 saturated carbocycles. The van der Waals surface area contributed by atoms with Crippen molar-refractivity contribution < 1.29 is 44.3 Å². The van der Waals surface area contributed by atoms with Crippen molar-refractivity contribution in [3.05, 3.63) is 21.7 Å². The number of hydrogen-bond acceptors (Lipinski definition) is 2. The summed E-state index contributed by atoms with van der Waals surface area (Å²) in [5.41, 5.74) is 3.04. The zero-order chi connectivity index (χ0) is 11.0. The molecule has 0 fully saturated rings. The van der Waals surface area contributed by atoms with Crippen LogP contribution in [0.15, 0.2) is 0 Å². The third-order valence-corrected chi connectivity index (χ3v) is 3.56. The minimum atomic E-state index is 0. The van der Waals surface area contributed by atoms with E-state index in [0.29, 0.717) is 0 Å². The standard InChI is InChI=1S/C8H13P.2CH3O.ClH.Ti/c1-5-6(2)8(4)9-7(5)3;2*1-2;;/h9H,1-4H3;2*1H3;1H;/q;2*-1;;+3/p-1. The maximum Gasteiger partial charge on any atom is 3.00 e. The van der Waals surface area contributed by atoms with Crippen molar-refractivity contribution in [1.82, 2.24) is 0 Å². The summed E-state index contributed by atoms with van der Waals surface area (Å²) in [5.74, 6) is 0. The largest absolute Gasteiger partial charge is 3.00 e. The van der Waals surface area contributed by atoms with Crippen LogP contribution < -0.4 is 22.6 Å². The first-order chi connectivity index (χ1) is 6.13. The Bertz CT molecular complexity index is 217. The van der Waals surface area contributed by atoms with E-state index in [1.165, 1.54) is 11.1 Å². The first-order valence-electron chi connectivity index (χ1n) is 4.07. The molecular formula is C10H19ClO2PTi. The Kier molecular flexibility index (Phi) is 24.3. The van der Waals surface area contributed by atoms with Crippen LogP contribution in [0, 0.1) is 27.7 Å². The summed E-state index contributed by atoms with van der Waals surface area (Å²) >= 11 is 0. The maximum absolute atomic E-state index is 8.25. The first-order valence-corrected chi connectivity index (χ1v) is 5.07. The van der Waals surface area contributed by atoms with Gasteiger partial charge in [-0.15, -0.1) is 8.19 Å². The Morgan fingerprint density at radius 3 is 1.00 bits per heavy atom. The fourth-order valence-electron chi connectivity index (χ4n) is 1.03. The minimum Gasteiger partial charge on any atom is -1.00 e. The van der Waals surface area contributed by atoms with E-state index in [9.17, 15) is 0 Å². The van der Waals surface area contributed by atoms with E-state index in [1.807, 2.05) is 0 Å². The average Bonchev–Trinajstić information content (AvgIpc) is 2.40. The van der Waals surface area contributed by atoms with Crippen molar-refractivity contribution in [3.8, 4) is 0 Å². The molecule has 87 valence electrons. The van der Waals surface area contributed by atoms with E-state index < -0.39 is 0 Å². The topological polar surface area (TPSA) is 46.1 Å². The van der Waals surface area contributed by atoms with Gasteiger partial charge >= 0.3 is 21.7 Å². The van der Waals surface area contributed by atoms with Crippen LogP contribution in [0.25, 0.3) is 0 Å². The molecule has 0 aliphatic carbocycles. The maximum atomic E-state index is 8.25. The van der Waals surface area contributed by atoms with Crippen LogP contribution >= 0.6 is 8.19 Å². The third-order valence-electron chi connectivity index (χ3n) is 2.06. The molecule has 2 nitrogen and oxygen atoms in total. The Morgan fingerprint density at radius 1 is 0.733 bits per heavy atom. The number of rotatable bonds is 0. The summed E-state index contributed by atoms with van der Waals surface area (Å²) in [6.07, 6.45) is 0. The molecule has 1 rings (SSSR count). The molecule has 1 radical (unpaired) electrons. The second-order valence-corrected chi connectivity index (χ2v) is 4.38. The normalized spacial score (nSPS) is 6.93. The van der Waals surface area contributed by atoms with Gasteiger partial charge in [0.2, 0.25) is 0 Å². The van der Waals surface area contributed by atoms with Gasteiger partial charge in [-0.25, -0.2) is 0 Å². The minimum absolute atomic E-state index is 0. The van der Waals surface area contributed by atoms with Crippen molar-refractivity contribution in [2.24, 2.45) is 0 Å². The summed E-state index contributed by atoms with van der Waals surface area (Å²) in [7, 11) is 2.48. The molecule has 0 saturated heterocycles. The van der Waals surface area contributed by atoms with Crippen molar-refractivity contribution in [1.29, 1.82) is 0 Å². The van der Waals surface area contributed by atoms with E-state index in [0.717, 1.165) is 22.4 Å². The summed E-state index contributed by atoms with van der Waals surface area (Å²) in [4.78, 5) is 0. The van der Waals surface area contributed by atoms with Gasteiger partial charge in [-0.05, 0) is 49.4 Å². The van der Waals surface area contributed by atoms with Gasteiger partial charge in [0.05, 0.1) is 0 Å². The predicted molar refractivity (Wildman–Crippen MR) is 56.7 cm³/mol. The molecule has 0 aliphatic heterocycles. The van der Waals surface area contributed by atoms with Gasteiger partial charge in [0.15, 0.2) is 0 Å². The van der Waals surface area contributed by atoms with Crippen LogP contribution in [0.4, 0.5) is 0 Å². The molecule has 0 bridgehead atoms. The SMILES string of the molecule is C[O-].C[O-].Cc1[pH]c(C)c(C)c1C.[Cl-].[Ti+3]. The number of halogens is 1. The molecule has 0 aromatic carbocycles. The second-order valence-electron chi connectivity index (χ2n) is 2.62. The van der Waals surface area contributed by atoms with E-state index in [1.54, 1.807) is 10.6 Å². The van der Waals surface area contributed by atoms with Gasteiger partial charge < -0.3 is 22.6 Å². The summed E-state index contributed by atoms with van der Waals surface area (Å²) < 4.78 is 0. The fraction of sp³-hybridized carbons (Fsp3) is 0.600. The smallest absolute Gasteiger partial charge is 1.00 e. The molecule has 0 unspecified atom stereocenters. The van der Waals surface area contributed by atoms with Crippen LogP contribution in [0.1, 0.15) is 21.7 Å². The Balaban J connectivity index is -0.0000000910. The Labute approximate surface area is 116 Å². The van der Waals surface area contributed by atoms with Gasteiger partial charge in [0.25, 0.3) is 0 Å². The molecule has 0 atom stereocenters. The molecular weight excluding hydrogens is 266 g/mol. The summed E-state index contributed by atoms with van der Waals surface area (Å²) in [6, 6.07) is 0. The zero-order valence-electron chi connectivity index (χ0n) is 10.2. The van der Waals surface area contributed by atoms with E-state index in [4.69, 9.17) is 10.2 Å². The van der Waals surface area contributed by atoms with Gasteiger partial charge in [-0.1, -0.05) is 0 Å². The summed E-state index contributed by atoms with van der Waals surface area (Å²) in [6.45, 7) is 8.89. The molecule has 0 amide bonds. The van der Waals surface area contributed by atoms with Crippen molar-refractivity contribution in [2.45, 2.75) is 27.7 Å². The molecule has 15 heavy (non-hydrogen) atoms. The zero-order valence-corrected chi connectivity index (χ0v) is 13.5. The van der Waals surface area contributed by atoms with Crippen LogP contribution in [0.2, 0.25) is 0 Å². The molecule has 1 aromatic rings. The van der Waals surface area contributed by atoms with E-state index >= 15 is 0 Å². The molecule has 0 aliphatic rings. The van der Waals surface area contributed by atoms with Crippen LogP contribution in [-0.4, -0.2) is 14.2 Å². The molecule has 1 heterocycles. The quantitative estimate of drug-likeness (QED) is 0.513. The van der Waals surface area contributed by atoms with E-state index in [2.05, 4.69) is 27.7 Å². The van der Waals surface area contributed by atoms with Gasteiger partial charge in [-0.3, -0.25) is 0 Å². The van der Waals surface area contributed by atoms with Crippen molar-refractivity contribution in [2.75, 3.05) is 14.2 Å². The summed E-state index contributed by atoms with van der Waals surface area (Å²) in [5, 5.41) is 19.6. The Morgan fingerprint density at radius 2 is 0.933 bits per heavy atom. The molecule has 0 spiro atoms. The molecule has 5 heteroatoms. The van der Waals surface area contributed by atoms with Crippen molar-refractivity contribution in [3.63, 3.8) is 0 Å². The predicted octanol–water partition coefficient (Wildman–Crippen LogP) is -2.09. The van der Waals surface area contributed by atoms with E-state index in [-0.39, 0.29) is 34.1 Å². The Hall–Kier alpha value is 0.704. The van der Waals surface area contributed by atoms with Crippen LogP contribution in [-0.2, 0) is 21.7 Å². The third kappa shape index (κ3) is 8.51.